The van der Waals surface area contributed by atoms with Gasteiger partial charge in [-0.3, -0.25) is 14.7 Å². The Morgan fingerprint density at radius 2 is 1.76 bits per heavy atom. The second kappa shape index (κ2) is 14.0. The quantitative estimate of drug-likeness (QED) is 0.294. The van der Waals surface area contributed by atoms with Crippen molar-refractivity contribution in [3.63, 3.8) is 0 Å². The van der Waals surface area contributed by atoms with Crippen molar-refractivity contribution in [1.82, 2.24) is 15.2 Å². The van der Waals surface area contributed by atoms with Crippen LogP contribution in [0.2, 0.25) is 0 Å². The Hall–Kier alpha value is -3.36. The molecule has 2 aromatic carbocycles. The summed E-state index contributed by atoms with van der Waals surface area (Å²) >= 11 is 0. The molecular weight excluding hydrogens is 514 g/mol. The van der Waals surface area contributed by atoms with E-state index in [0.29, 0.717) is 18.2 Å². The summed E-state index contributed by atoms with van der Waals surface area (Å²) in [6, 6.07) is 20.1. The maximum absolute atomic E-state index is 12.4. The van der Waals surface area contributed by atoms with Gasteiger partial charge in [0.1, 0.15) is 0 Å². The number of aliphatic hydroxyl groups excluding tert-OH is 1. The molecule has 1 aliphatic carbocycles. The molecular formula is C34H41N3O4. The number of aliphatic hydroxyl groups is 1. The van der Waals surface area contributed by atoms with Crippen LogP contribution in [0.4, 0.5) is 0 Å². The predicted octanol–water partition coefficient (Wildman–Crippen LogP) is 5.73. The highest BCUT2D eigenvalue weighted by atomic mass is 16.7. The number of rotatable bonds is 11. The Balaban J connectivity index is 1.33. The van der Waals surface area contributed by atoms with E-state index in [4.69, 9.17) is 9.47 Å². The van der Waals surface area contributed by atoms with Crippen molar-refractivity contribution in [3.05, 3.63) is 114 Å². The number of carbonyl (C=O) groups excluding carboxylic acids is 1. The van der Waals surface area contributed by atoms with E-state index < -0.39 is 6.29 Å². The average molecular weight is 556 g/mol. The zero-order valence-corrected chi connectivity index (χ0v) is 23.8. The van der Waals surface area contributed by atoms with Crippen molar-refractivity contribution >= 4 is 5.91 Å². The topological polar surface area (TPSA) is 83.9 Å². The lowest BCUT2D eigenvalue weighted by Crippen LogP contribution is -2.47. The maximum atomic E-state index is 12.4. The SMILES string of the molecule is C=CCN(CC1OC(c2ccc(CNC(=O)c3cccnc3)cc2)OC(c2ccc(CO)cc2)C1C)C1CCCC1. The summed E-state index contributed by atoms with van der Waals surface area (Å²) in [5.74, 6) is -0.0266. The number of carbonyl (C=O) groups is 1. The number of nitrogens with zero attached hydrogens (tertiary/aromatic N) is 2. The summed E-state index contributed by atoms with van der Waals surface area (Å²) in [6.07, 6.45) is 9.50. The standard InChI is InChI=1S/C34H41N3O4/c1-3-19-37(30-8-4-5-9-30)22-31-24(2)32(27-14-12-26(23-38)13-15-27)41-34(40-31)28-16-10-25(11-17-28)20-36-33(39)29-7-6-18-35-21-29/h3,6-7,10-18,21,24,30-32,34,38H,1,4-5,8-9,19-20,22-23H2,2H3,(H,36,39). The number of pyridine rings is 1. The van der Waals surface area contributed by atoms with Gasteiger partial charge in [-0.1, -0.05) is 74.4 Å². The number of hydrogen-bond acceptors (Lipinski definition) is 6. The van der Waals surface area contributed by atoms with E-state index in [9.17, 15) is 9.90 Å². The zero-order valence-electron chi connectivity index (χ0n) is 23.8. The molecule has 1 saturated carbocycles. The first-order valence-electron chi connectivity index (χ1n) is 14.7. The third-order valence-corrected chi connectivity index (χ3v) is 8.37. The molecule has 0 bridgehead atoms. The summed E-state index contributed by atoms with van der Waals surface area (Å²) < 4.78 is 13.3. The lowest BCUT2D eigenvalue weighted by Gasteiger charge is -2.43. The molecule has 5 rings (SSSR count). The fourth-order valence-electron chi connectivity index (χ4n) is 5.94. The van der Waals surface area contributed by atoms with Crippen LogP contribution in [0.25, 0.3) is 0 Å². The van der Waals surface area contributed by atoms with Gasteiger partial charge >= 0.3 is 0 Å². The van der Waals surface area contributed by atoms with Crippen LogP contribution in [-0.2, 0) is 22.6 Å². The van der Waals surface area contributed by atoms with Crippen molar-refractivity contribution in [1.29, 1.82) is 0 Å². The van der Waals surface area contributed by atoms with Crippen LogP contribution in [0.3, 0.4) is 0 Å². The lowest BCUT2D eigenvalue weighted by atomic mass is 9.89. The second-order valence-corrected chi connectivity index (χ2v) is 11.2. The van der Waals surface area contributed by atoms with E-state index in [1.165, 1.54) is 25.7 Å². The van der Waals surface area contributed by atoms with Gasteiger partial charge in [0.15, 0.2) is 6.29 Å². The molecule has 2 fully saturated rings. The van der Waals surface area contributed by atoms with Crippen molar-refractivity contribution in [2.75, 3.05) is 13.1 Å². The molecule has 216 valence electrons. The van der Waals surface area contributed by atoms with E-state index in [-0.39, 0.29) is 30.6 Å². The molecule has 0 radical (unpaired) electrons. The zero-order chi connectivity index (χ0) is 28.6. The number of aromatic nitrogens is 1. The lowest BCUT2D eigenvalue weighted by molar-refractivity contribution is -0.276. The van der Waals surface area contributed by atoms with Gasteiger partial charge in [-0.2, -0.15) is 0 Å². The van der Waals surface area contributed by atoms with Gasteiger partial charge in [-0.05, 0) is 41.7 Å². The molecule has 2 aliphatic rings. The van der Waals surface area contributed by atoms with Gasteiger partial charge < -0.3 is 19.9 Å². The molecule has 2 heterocycles. The normalized spacial score (nSPS) is 23.0. The smallest absolute Gasteiger partial charge is 0.253 e. The Morgan fingerprint density at radius 1 is 1.05 bits per heavy atom. The minimum Gasteiger partial charge on any atom is -0.392 e. The number of hydrogen-bond donors (Lipinski definition) is 2. The third-order valence-electron chi connectivity index (χ3n) is 8.37. The highest BCUT2D eigenvalue weighted by molar-refractivity contribution is 5.93. The van der Waals surface area contributed by atoms with Crippen molar-refractivity contribution in [2.24, 2.45) is 5.92 Å². The van der Waals surface area contributed by atoms with E-state index >= 15 is 0 Å². The molecule has 7 heteroatoms. The molecule has 0 spiro atoms. The highest BCUT2D eigenvalue weighted by Crippen LogP contribution is 2.42. The maximum Gasteiger partial charge on any atom is 0.253 e. The van der Waals surface area contributed by atoms with Gasteiger partial charge in [0.2, 0.25) is 0 Å². The summed E-state index contributed by atoms with van der Waals surface area (Å²) in [4.78, 5) is 19.0. The van der Waals surface area contributed by atoms with Crippen LogP contribution in [-0.4, -0.2) is 46.1 Å². The number of nitrogens with one attached hydrogen (secondary N) is 1. The van der Waals surface area contributed by atoms with Crippen LogP contribution in [0.1, 0.15) is 77.6 Å². The summed E-state index contributed by atoms with van der Waals surface area (Å²) in [5, 5.41) is 12.5. The fraction of sp³-hybridized carbons (Fsp3) is 0.412. The minimum atomic E-state index is -0.521. The Morgan fingerprint density at radius 3 is 2.41 bits per heavy atom. The second-order valence-electron chi connectivity index (χ2n) is 11.2. The first-order valence-corrected chi connectivity index (χ1v) is 14.7. The van der Waals surface area contributed by atoms with Gasteiger partial charge in [0.25, 0.3) is 5.91 Å². The van der Waals surface area contributed by atoms with Gasteiger partial charge in [0.05, 0.1) is 24.4 Å². The number of amides is 1. The first kappa shape index (κ1) is 29.1. The fourth-order valence-corrected chi connectivity index (χ4v) is 5.94. The molecule has 1 aromatic heterocycles. The Kier molecular flexibility index (Phi) is 9.96. The molecule has 41 heavy (non-hydrogen) atoms. The molecule has 2 N–H and O–H groups in total. The monoisotopic (exact) mass is 555 g/mol. The van der Waals surface area contributed by atoms with Crippen molar-refractivity contribution < 1.29 is 19.4 Å². The van der Waals surface area contributed by atoms with Crippen molar-refractivity contribution in [3.8, 4) is 0 Å². The average Bonchev–Trinajstić information content (AvgIpc) is 3.56. The molecule has 1 amide bonds. The largest absolute Gasteiger partial charge is 0.392 e. The molecule has 3 aromatic rings. The minimum absolute atomic E-state index is 0.0165. The van der Waals surface area contributed by atoms with Gasteiger partial charge in [0, 0.05) is 49.6 Å². The van der Waals surface area contributed by atoms with Crippen LogP contribution < -0.4 is 5.32 Å². The summed E-state index contributed by atoms with van der Waals surface area (Å²) in [6.45, 7) is 8.33. The van der Waals surface area contributed by atoms with Crippen LogP contribution in [0.5, 0.6) is 0 Å². The molecule has 4 unspecified atom stereocenters. The molecule has 1 saturated heterocycles. The molecule has 1 aliphatic heterocycles. The van der Waals surface area contributed by atoms with E-state index in [1.807, 2.05) is 42.5 Å². The Labute approximate surface area is 243 Å². The predicted molar refractivity (Wildman–Crippen MR) is 159 cm³/mol. The Bertz CT molecular complexity index is 1260. The summed E-state index contributed by atoms with van der Waals surface area (Å²) in [7, 11) is 0. The number of ether oxygens (including phenoxy) is 2. The number of benzene rings is 2. The molecule has 7 nitrogen and oxygen atoms in total. The van der Waals surface area contributed by atoms with E-state index in [0.717, 1.165) is 35.3 Å². The van der Waals surface area contributed by atoms with Gasteiger partial charge in [-0.15, -0.1) is 6.58 Å². The van der Waals surface area contributed by atoms with Gasteiger partial charge in [-0.25, -0.2) is 0 Å². The van der Waals surface area contributed by atoms with Crippen LogP contribution in [0, 0.1) is 5.92 Å². The van der Waals surface area contributed by atoms with Crippen LogP contribution >= 0.6 is 0 Å². The third kappa shape index (κ3) is 7.29. The molecule has 4 atom stereocenters. The van der Waals surface area contributed by atoms with E-state index in [1.54, 1.807) is 24.5 Å². The van der Waals surface area contributed by atoms with Crippen LogP contribution in [0.15, 0.2) is 85.7 Å². The highest BCUT2D eigenvalue weighted by Gasteiger charge is 2.40. The first-order chi connectivity index (χ1) is 20.1. The summed E-state index contributed by atoms with van der Waals surface area (Å²) in [5.41, 5.74) is 4.43. The van der Waals surface area contributed by atoms with Crippen molar-refractivity contribution in [2.45, 2.75) is 70.3 Å². The van der Waals surface area contributed by atoms with E-state index in [2.05, 4.69) is 40.8 Å².